The molecule has 0 radical (unpaired) electrons. The lowest BCUT2D eigenvalue weighted by atomic mass is 10.0. The lowest BCUT2D eigenvalue weighted by Gasteiger charge is -2.34. The fourth-order valence-corrected chi connectivity index (χ4v) is 3.05. The fraction of sp³-hybridized carbons (Fsp3) is 0.389. The Morgan fingerprint density at radius 3 is 2.83 bits per heavy atom. The maximum absolute atomic E-state index is 11.6. The van der Waals surface area contributed by atoms with E-state index in [4.69, 9.17) is 0 Å². The van der Waals surface area contributed by atoms with Crippen molar-refractivity contribution in [1.82, 2.24) is 9.80 Å². The molecule has 2 aliphatic heterocycles. The average Bonchev–Trinajstić information content (AvgIpc) is 2.56. The number of nitrogens with one attached hydrogen (secondary N) is 1. The quantitative estimate of drug-likeness (QED) is 0.834. The minimum Gasteiger partial charge on any atom is -0.370 e. The summed E-state index contributed by atoms with van der Waals surface area (Å²) in [5.74, 6) is 0.0128. The van der Waals surface area contributed by atoms with Crippen LogP contribution >= 0.6 is 0 Å². The second-order valence-corrected chi connectivity index (χ2v) is 6.16. The van der Waals surface area contributed by atoms with Gasteiger partial charge in [0.1, 0.15) is 6.23 Å². The molecule has 2 N–H and O–H groups in total. The highest BCUT2D eigenvalue weighted by atomic mass is 16.3. The summed E-state index contributed by atoms with van der Waals surface area (Å²) in [6.07, 6.45) is 2.79. The monoisotopic (exact) mass is 313 g/mol. The van der Waals surface area contributed by atoms with Crippen LogP contribution in [0.5, 0.6) is 0 Å². The molecule has 1 fully saturated rings. The first-order valence-corrected chi connectivity index (χ1v) is 7.96. The van der Waals surface area contributed by atoms with Gasteiger partial charge in [-0.3, -0.25) is 9.69 Å². The molecule has 0 bridgehead atoms. The van der Waals surface area contributed by atoms with Crippen molar-refractivity contribution in [1.29, 1.82) is 0 Å². The normalized spacial score (nSPS) is 21.2. The molecule has 0 saturated carbocycles. The van der Waals surface area contributed by atoms with Crippen LogP contribution in [0.25, 0.3) is 6.08 Å². The van der Waals surface area contributed by atoms with Gasteiger partial charge in [-0.2, -0.15) is 0 Å². The molecule has 122 valence electrons. The average molecular weight is 313 g/mol. The third-order valence-electron chi connectivity index (χ3n) is 4.49. The summed E-state index contributed by atoms with van der Waals surface area (Å²) in [5, 5.41) is 13.0. The summed E-state index contributed by atoms with van der Waals surface area (Å²) in [6, 6.07) is 6.32. The largest absolute Gasteiger partial charge is 0.370 e. The van der Waals surface area contributed by atoms with Crippen molar-refractivity contribution >= 4 is 17.7 Å². The third-order valence-corrected chi connectivity index (χ3v) is 4.49. The number of nitrogens with zero attached hydrogens (tertiary/aromatic N) is 2. The van der Waals surface area contributed by atoms with E-state index in [1.807, 2.05) is 17.9 Å². The topological polar surface area (TPSA) is 55.8 Å². The molecule has 23 heavy (non-hydrogen) atoms. The van der Waals surface area contributed by atoms with Crippen molar-refractivity contribution in [3.63, 3.8) is 0 Å². The van der Waals surface area contributed by atoms with Crippen LogP contribution in [0.4, 0.5) is 5.69 Å². The smallest absolute Gasteiger partial charge is 0.246 e. The van der Waals surface area contributed by atoms with E-state index in [1.165, 1.54) is 11.6 Å². The Morgan fingerprint density at radius 1 is 1.39 bits per heavy atom. The molecule has 5 heteroatoms. The number of hydrogen-bond acceptors (Lipinski definition) is 4. The number of carbonyl (C=O) groups excluding carboxylic acids is 1. The van der Waals surface area contributed by atoms with Gasteiger partial charge in [0, 0.05) is 38.4 Å². The minimum atomic E-state index is -0.605. The van der Waals surface area contributed by atoms with Crippen LogP contribution in [0.1, 0.15) is 18.1 Å². The number of carbonyl (C=O) groups is 1. The van der Waals surface area contributed by atoms with Crippen molar-refractivity contribution < 1.29 is 9.90 Å². The summed E-state index contributed by atoms with van der Waals surface area (Å²) in [4.78, 5) is 15.8. The number of aliphatic hydroxyl groups is 1. The molecule has 1 unspecified atom stereocenters. The first-order chi connectivity index (χ1) is 11.1. The highest BCUT2D eigenvalue weighted by molar-refractivity contribution is 5.87. The minimum absolute atomic E-state index is 0.0128. The Labute approximate surface area is 136 Å². The Bertz CT molecular complexity index is 646. The van der Waals surface area contributed by atoms with Crippen molar-refractivity contribution in [3.8, 4) is 0 Å². The van der Waals surface area contributed by atoms with E-state index in [1.54, 1.807) is 0 Å². The van der Waals surface area contributed by atoms with E-state index in [9.17, 15) is 9.90 Å². The van der Waals surface area contributed by atoms with E-state index in [2.05, 4.69) is 35.0 Å². The number of hydrogen-bond donors (Lipinski definition) is 2. The molecular weight excluding hydrogens is 290 g/mol. The van der Waals surface area contributed by atoms with Crippen molar-refractivity contribution in [3.05, 3.63) is 47.6 Å². The Kier molecular flexibility index (Phi) is 4.50. The van der Waals surface area contributed by atoms with Gasteiger partial charge in [0.15, 0.2) is 0 Å². The number of aliphatic hydroxyl groups excluding tert-OH is 1. The second kappa shape index (κ2) is 6.56. The first kappa shape index (κ1) is 15.8. The SMILES string of the molecule is C=CC(=O)N1CCN(Cc2ccc3c(c2)NC(O)C(C)=C3)CC1. The predicted octanol–water partition coefficient (Wildman–Crippen LogP) is 1.66. The van der Waals surface area contributed by atoms with Gasteiger partial charge in [-0.1, -0.05) is 18.7 Å². The van der Waals surface area contributed by atoms with Gasteiger partial charge in [-0.05, 0) is 41.8 Å². The van der Waals surface area contributed by atoms with Crippen LogP contribution in [0.15, 0.2) is 36.4 Å². The maximum atomic E-state index is 11.6. The Morgan fingerprint density at radius 2 is 2.13 bits per heavy atom. The number of anilines is 1. The van der Waals surface area contributed by atoms with Crippen LogP contribution in [0, 0.1) is 0 Å². The van der Waals surface area contributed by atoms with E-state index >= 15 is 0 Å². The predicted molar refractivity (Wildman–Crippen MR) is 91.8 cm³/mol. The summed E-state index contributed by atoms with van der Waals surface area (Å²) in [7, 11) is 0. The molecule has 1 aromatic carbocycles. The fourth-order valence-electron chi connectivity index (χ4n) is 3.05. The summed E-state index contributed by atoms with van der Waals surface area (Å²) >= 11 is 0. The number of rotatable bonds is 3. The number of fused-ring (bicyclic) bond motifs is 1. The van der Waals surface area contributed by atoms with Crippen LogP contribution < -0.4 is 5.32 Å². The van der Waals surface area contributed by atoms with E-state index in [0.717, 1.165) is 49.5 Å². The lowest BCUT2D eigenvalue weighted by Crippen LogP contribution is -2.47. The summed E-state index contributed by atoms with van der Waals surface area (Å²) < 4.78 is 0. The van der Waals surface area contributed by atoms with Gasteiger partial charge < -0.3 is 15.3 Å². The van der Waals surface area contributed by atoms with Crippen LogP contribution in [-0.2, 0) is 11.3 Å². The molecular formula is C18H23N3O2. The zero-order valence-corrected chi connectivity index (χ0v) is 13.5. The Balaban J connectivity index is 1.63. The maximum Gasteiger partial charge on any atom is 0.246 e. The van der Waals surface area contributed by atoms with Gasteiger partial charge in [0.2, 0.25) is 5.91 Å². The highest BCUT2D eigenvalue weighted by Gasteiger charge is 2.20. The van der Waals surface area contributed by atoms with Gasteiger partial charge in [0.25, 0.3) is 0 Å². The molecule has 0 aromatic heterocycles. The number of piperazine rings is 1. The molecule has 0 spiro atoms. The Hall–Kier alpha value is -2.11. The number of amides is 1. The van der Waals surface area contributed by atoms with Crippen LogP contribution in [0.2, 0.25) is 0 Å². The van der Waals surface area contributed by atoms with Gasteiger partial charge in [0.05, 0.1) is 0 Å². The number of benzene rings is 1. The van der Waals surface area contributed by atoms with E-state index in [-0.39, 0.29) is 5.91 Å². The molecule has 1 saturated heterocycles. The van der Waals surface area contributed by atoms with Crippen molar-refractivity contribution in [2.45, 2.75) is 19.7 Å². The van der Waals surface area contributed by atoms with Gasteiger partial charge >= 0.3 is 0 Å². The third kappa shape index (κ3) is 3.46. The summed E-state index contributed by atoms with van der Waals surface area (Å²) in [5.41, 5.74) is 4.21. The summed E-state index contributed by atoms with van der Waals surface area (Å²) in [6.45, 7) is 9.53. The molecule has 0 aliphatic carbocycles. The molecule has 5 nitrogen and oxygen atoms in total. The standard InChI is InChI=1S/C18H23N3O2/c1-3-17(22)21-8-6-20(7-9-21)12-14-4-5-15-10-13(2)18(23)19-16(15)11-14/h3-5,10-11,18-19,23H,1,6-9,12H2,2H3. The molecule has 2 aliphatic rings. The van der Waals surface area contributed by atoms with Gasteiger partial charge in [-0.15, -0.1) is 0 Å². The molecule has 1 atom stereocenters. The first-order valence-electron chi connectivity index (χ1n) is 7.96. The highest BCUT2D eigenvalue weighted by Crippen LogP contribution is 2.27. The zero-order chi connectivity index (χ0) is 16.4. The molecule has 1 amide bonds. The van der Waals surface area contributed by atoms with E-state index < -0.39 is 6.23 Å². The van der Waals surface area contributed by atoms with E-state index in [0.29, 0.717) is 0 Å². The second-order valence-electron chi connectivity index (χ2n) is 6.16. The van der Waals surface area contributed by atoms with Crippen LogP contribution in [-0.4, -0.2) is 53.2 Å². The van der Waals surface area contributed by atoms with Crippen molar-refractivity contribution in [2.75, 3.05) is 31.5 Å². The van der Waals surface area contributed by atoms with Crippen molar-refractivity contribution in [2.24, 2.45) is 0 Å². The zero-order valence-electron chi connectivity index (χ0n) is 13.5. The molecule has 3 rings (SSSR count). The lowest BCUT2D eigenvalue weighted by molar-refractivity contribution is -0.127. The molecule has 2 heterocycles. The molecule has 1 aromatic rings. The van der Waals surface area contributed by atoms with Gasteiger partial charge in [-0.25, -0.2) is 0 Å². The van der Waals surface area contributed by atoms with Crippen LogP contribution in [0.3, 0.4) is 0 Å².